The fourth-order valence-electron chi connectivity index (χ4n) is 2.64. The van der Waals surface area contributed by atoms with Crippen LogP contribution >= 0.6 is 0 Å². The Morgan fingerprint density at radius 2 is 1.80 bits per heavy atom. The zero-order valence-corrected chi connectivity index (χ0v) is 16.8. The minimum Gasteiger partial charge on any atom is -0.343 e. The number of anilines is 1. The molecular formula is C20H24F3N5O2. The van der Waals surface area contributed by atoms with Crippen LogP contribution in [0.15, 0.2) is 36.7 Å². The third-order valence-corrected chi connectivity index (χ3v) is 4.33. The lowest BCUT2D eigenvalue weighted by Gasteiger charge is -2.17. The molecule has 0 spiro atoms. The van der Waals surface area contributed by atoms with Crippen LogP contribution < -0.4 is 10.6 Å². The predicted octanol–water partition coefficient (Wildman–Crippen LogP) is 3.11. The highest BCUT2D eigenvalue weighted by Crippen LogP contribution is 2.18. The predicted molar refractivity (Wildman–Crippen MR) is 107 cm³/mol. The van der Waals surface area contributed by atoms with E-state index in [9.17, 15) is 22.8 Å². The van der Waals surface area contributed by atoms with Gasteiger partial charge in [-0.15, -0.1) is 0 Å². The number of carbonyl (C=O) groups excluding carboxylic acids is 2. The quantitative estimate of drug-likeness (QED) is 0.647. The SMILES string of the molecule is CCN(CC)CCC(=O)Nc1ccc(-c2cc(C(=O)NCC(F)(F)F)ccn2)nc1. The van der Waals surface area contributed by atoms with Gasteiger partial charge in [0.15, 0.2) is 0 Å². The molecule has 0 saturated carbocycles. The first-order valence-electron chi connectivity index (χ1n) is 9.51. The van der Waals surface area contributed by atoms with Gasteiger partial charge in [0.25, 0.3) is 5.91 Å². The van der Waals surface area contributed by atoms with Gasteiger partial charge in [0.05, 0.1) is 23.3 Å². The molecule has 0 unspecified atom stereocenters. The fraction of sp³-hybridized carbons (Fsp3) is 0.400. The summed E-state index contributed by atoms with van der Waals surface area (Å²) < 4.78 is 36.8. The number of alkyl halides is 3. The second-order valence-corrected chi connectivity index (χ2v) is 6.48. The number of rotatable bonds is 9. The summed E-state index contributed by atoms with van der Waals surface area (Å²) in [5.41, 5.74) is 1.30. The third kappa shape index (κ3) is 7.43. The maximum Gasteiger partial charge on any atom is 0.405 e. The first kappa shape index (κ1) is 23.3. The van der Waals surface area contributed by atoms with Crippen LogP contribution in [0.1, 0.15) is 30.6 Å². The number of hydrogen-bond acceptors (Lipinski definition) is 5. The van der Waals surface area contributed by atoms with Gasteiger partial charge < -0.3 is 15.5 Å². The highest BCUT2D eigenvalue weighted by Gasteiger charge is 2.28. The number of amides is 2. The zero-order valence-electron chi connectivity index (χ0n) is 16.8. The number of halogens is 3. The molecule has 0 bridgehead atoms. The van der Waals surface area contributed by atoms with Crippen LogP contribution in [0.2, 0.25) is 0 Å². The average molecular weight is 423 g/mol. The van der Waals surface area contributed by atoms with Crippen LogP contribution in [-0.2, 0) is 4.79 Å². The van der Waals surface area contributed by atoms with Crippen molar-refractivity contribution in [1.29, 1.82) is 0 Å². The van der Waals surface area contributed by atoms with E-state index in [1.807, 2.05) is 19.2 Å². The Labute approximate surface area is 172 Å². The van der Waals surface area contributed by atoms with Gasteiger partial charge in [-0.3, -0.25) is 19.6 Å². The number of nitrogens with zero attached hydrogens (tertiary/aromatic N) is 3. The summed E-state index contributed by atoms with van der Waals surface area (Å²) in [5, 5.41) is 4.58. The molecule has 2 heterocycles. The van der Waals surface area contributed by atoms with Crippen LogP contribution in [-0.4, -0.2) is 59.0 Å². The second kappa shape index (κ2) is 10.7. The van der Waals surface area contributed by atoms with Gasteiger partial charge >= 0.3 is 6.18 Å². The molecule has 2 amide bonds. The van der Waals surface area contributed by atoms with Gasteiger partial charge in [0.1, 0.15) is 6.54 Å². The van der Waals surface area contributed by atoms with Gasteiger partial charge in [-0.2, -0.15) is 13.2 Å². The van der Waals surface area contributed by atoms with E-state index < -0.39 is 18.6 Å². The van der Waals surface area contributed by atoms with Crippen LogP contribution in [0, 0.1) is 0 Å². The summed E-state index contributed by atoms with van der Waals surface area (Å²) in [5.74, 6) is -0.981. The Hall–Kier alpha value is -3.01. The largest absolute Gasteiger partial charge is 0.405 e. The third-order valence-electron chi connectivity index (χ3n) is 4.33. The fourth-order valence-corrected chi connectivity index (χ4v) is 2.64. The highest BCUT2D eigenvalue weighted by atomic mass is 19.4. The van der Waals surface area contributed by atoms with Crippen LogP contribution in [0.3, 0.4) is 0 Å². The lowest BCUT2D eigenvalue weighted by atomic mass is 10.1. The zero-order chi connectivity index (χ0) is 22.1. The molecule has 30 heavy (non-hydrogen) atoms. The van der Waals surface area contributed by atoms with Gasteiger partial charge in [0, 0.05) is 24.7 Å². The average Bonchev–Trinajstić information content (AvgIpc) is 2.73. The monoisotopic (exact) mass is 423 g/mol. The lowest BCUT2D eigenvalue weighted by molar-refractivity contribution is -0.123. The van der Waals surface area contributed by atoms with Crippen molar-refractivity contribution in [2.45, 2.75) is 26.4 Å². The van der Waals surface area contributed by atoms with Crippen molar-refractivity contribution in [3.05, 3.63) is 42.2 Å². The molecule has 162 valence electrons. The molecule has 0 radical (unpaired) electrons. The Kier molecular flexibility index (Phi) is 8.28. The van der Waals surface area contributed by atoms with Gasteiger partial charge in [-0.05, 0) is 37.4 Å². The Bertz CT molecular complexity index is 852. The molecule has 0 aliphatic rings. The molecule has 0 aliphatic carbocycles. The molecule has 7 nitrogen and oxygen atoms in total. The van der Waals surface area contributed by atoms with Crippen molar-refractivity contribution >= 4 is 17.5 Å². The first-order chi connectivity index (χ1) is 14.2. The van der Waals surface area contributed by atoms with Crippen molar-refractivity contribution in [2.75, 3.05) is 31.5 Å². The number of nitrogens with one attached hydrogen (secondary N) is 2. The summed E-state index contributed by atoms with van der Waals surface area (Å²) in [4.78, 5) is 34.4. The summed E-state index contributed by atoms with van der Waals surface area (Å²) >= 11 is 0. The number of hydrogen-bond donors (Lipinski definition) is 2. The van der Waals surface area contributed by atoms with E-state index >= 15 is 0 Å². The molecule has 10 heteroatoms. The van der Waals surface area contributed by atoms with Crippen molar-refractivity contribution in [2.24, 2.45) is 0 Å². The molecule has 0 aliphatic heterocycles. The van der Waals surface area contributed by atoms with E-state index in [-0.39, 0.29) is 11.5 Å². The van der Waals surface area contributed by atoms with Crippen LogP contribution in [0.5, 0.6) is 0 Å². The van der Waals surface area contributed by atoms with E-state index in [2.05, 4.69) is 20.2 Å². The Morgan fingerprint density at radius 1 is 1.07 bits per heavy atom. The smallest absolute Gasteiger partial charge is 0.343 e. The van der Waals surface area contributed by atoms with Crippen molar-refractivity contribution < 1.29 is 22.8 Å². The van der Waals surface area contributed by atoms with E-state index in [1.165, 1.54) is 24.5 Å². The van der Waals surface area contributed by atoms with Gasteiger partial charge in [-0.1, -0.05) is 13.8 Å². The number of aromatic nitrogens is 2. The van der Waals surface area contributed by atoms with Gasteiger partial charge in [-0.25, -0.2) is 0 Å². The van der Waals surface area contributed by atoms with Crippen LogP contribution in [0.4, 0.5) is 18.9 Å². The maximum atomic E-state index is 12.3. The molecule has 2 N–H and O–H groups in total. The summed E-state index contributed by atoms with van der Waals surface area (Å²) in [7, 11) is 0. The molecule has 2 aromatic rings. The van der Waals surface area contributed by atoms with E-state index in [1.54, 1.807) is 12.1 Å². The Morgan fingerprint density at radius 3 is 2.40 bits per heavy atom. The van der Waals surface area contributed by atoms with Crippen LogP contribution in [0.25, 0.3) is 11.4 Å². The number of carbonyl (C=O) groups is 2. The summed E-state index contributed by atoms with van der Waals surface area (Å²) in [6.07, 6.45) is -1.34. The molecule has 0 saturated heterocycles. The Balaban J connectivity index is 1.99. The molecule has 0 fully saturated rings. The molecule has 0 atom stereocenters. The van der Waals surface area contributed by atoms with Crippen molar-refractivity contribution in [1.82, 2.24) is 20.2 Å². The summed E-state index contributed by atoms with van der Waals surface area (Å²) in [6.45, 7) is 5.07. The first-order valence-corrected chi connectivity index (χ1v) is 9.51. The highest BCUT2D eigenvalue weighted by molar-refractivity contribution is 5.95. The molecule has 2 aromatic heterocycles. The molecule has 2 rings (SSSR count). The van der Waals surface area contributed by atoms with E-state index in [0.717, 1.165) is 13.1 Å². The van der Waals surface area contributed by atoms with E-state index in [4.69, 9.17) is 0 Å². The lowest BCUT2D eigenvalue weighted by Crippen LogP contribution is -2.33. The normalized spacial score (nSPS) is 11.4. The summed E-state index contributed by atoms with van der Waals surface area (Å²) in [6, 6.07) is 5.94. The minimum atomic E-state index is -4.49. The number of pyridine rings is 2. The van der Waals surface area contributed by atoms with Crippen molar-refractivity contribution in [3.63, 3.8) is 0 Å². The standard InChI is InChI=1S/C20H24F3N5O2/c1-3-28(4-2)10-8-18(29)27-15-5-6-16(25-12-15)17-11-14(7-9-24-17)19(30)26-13-20(21,22)23/h5-7,9,11-12H,3-4,8,10,13H2,1-2H3,(H,26,30)(H,27,29). The topological polar surface area (TPSA) is 87.2 Å². The molecular weight excluding hydrogens is 399 g/mol. The molecule has 0 aromatic carbocycles. The van der Waals surface area contributed by atoms with Crippen molar-refractivity contribution in [3.8, 4) is 11.4 Å². The second-order valence-electron chi connectivity index (χ2n) is 6.48. The maximum absolute atomic E-state index is 12.3. The minimum absolute atomic E-state index is 0.0415. The van der Waals surface area contributed by atoms with E-state index in [0.29, 0.717) is 30.0 Å². The van der Waals surface area contributed by atoms with Gasteiger partial charge in [0.2, 0.25) is 5.91 Å².